The molecule has 0 saturated heterocycles. The molecule has 0 radical (unpaired) electrons. The van der Waals surface area contributed by atoms with Crippen LogP contribution in [0.3, 0.4) is 0 Å². The lowest BCUT2D eigenvalue weighted by Crippen LogP contribution is -2.43. The number of pyridine rings is 1. The predicted molar refractivity (Wildman–Crippen MR) is 116 cm³/mol. The van der Waals surface area contributed by atoms with Gasteiger partial charge in [-0.1, -0.05) is 41.9 Å². The van der Waals surface area contributed by atoms with E-state index < -0.39 is 29.7 Å². The van der Waals surface area contributed by atoms with Crippen LogP contribution in [-0.4, -0.2) is 21.7 Å². The summed E-state index contributed by atoms with van der Waals surface area (Å²) in [4.78, 5) is 31.8. The molecule has 32 heavy (non-hydrogen) atoms. The van der Waals surface area contributed by atoms with Crippen molar-refractivity contribution in [2.45, 2.75) is 24.9 Å². The van der Waals surface area contributed by atoms with Gasteiger partial charge < -0.3 is 10.6 Å². The van der Waals surface area contributed by atoms with E-state index in [1.807, 2.05) is 6.07 Å². The van der Waals surface area contributed by atoms with Crippen LogP contribution >= 0.6 is 11.6 Å². The van der Waals surface area contributed by atoms with Crippen LogP contribution < -0.4 is 5.73 Å². The fourth-order valence-corrected chi connectivity index (χ4v) is 4.47. The maximum Gasteiger partial charge on any atom is 0.258 e. The van der Waals surface area contributed by atoms with E-state index in [2.05, 4.69) is 4.98 Å². The number of carbonyl (C=O) groups is 2. The van der Waals surface area contributed by atoms with Crippen molar-refractivity contribution in [2.24, 2.45) is 5.73 Å². The molecule has 2 N–H and O–H groups in total. The van der Waals surface area contributed by atoms with Crippen LogP contribution in [-0.2, 0) is 11.2 Å². The molecule has 1 aliphatic rings. The molecule has 2 amide bonds. The second-order valence-electron chi connectivity index (χ2n) is 7.45. The molecular weight excluding hydrogens is 431 g/mol. The van der Waals surface area contributed by atoms with E-state index in [1.165, 1.54) is 29.3 Å². The summed E-state index contributed by atoms with van der Waals surface area (Å²) in [6.45, 7) is 0. The average molecular weight is 449 g/mol. The molecule has 3 aromatic rings. The minimum atomic E-state index is -1.14. The van der Waals surface area contributed by atoms with Gasteiger partial charge in [0.25, 0.3) is 5.91 Å². The molecule has 0 aliphatic heterocycles. The third kappa shape index (κ3) is 3.81. The smallest absolute Gasteiger partial charge is 0.258 e. The Bertz CT molecular complexity index is 1240. The van der Waals surface area contributed by atoms with E-state index in [0.717, 1.165) is 0 Å². The largest absolute Gasteiger partial charge is 0.368 e. The normalized spacial score (nSPS) is 15.5. The summed E-state index contributed by atoms with van der Waals surface area (Å²) in [6, 6.07) is 14.6. The number of primary amides is 1. The van der Waals surface area contributed by atoms with Gasteiger partial charge in [-0.15, -0.1) is 0 Å². The van der Waals surface area contributed by atoms with E-state index >= 15 is 0 Å². The Hall–Kier alpha value is -3.76. The molecule has 1 aliphatic carbocycles. The number of nitrogens with zero attached hydrogens (tertiary/aromatic N) is 3. The summed E-state index contributed by atoms with van der Waals surface area (Å²) in [6.07, 6.45) is 2.14. The molecule has 160 valence electrons. The number of hydrogen-bond donors (Lipinski definition) is 1. The summed E-state index contributed by atoms with van der Waals surface area (Å²) in [7, 11) is 0. The molecule has 6 nitrogen and oxygen atoms in total. The quantitative estimate of drug-likeness (QED) is 0.634. The van der Waals surface area contributed by atoms with Gasteiger partial charge in [0, 0.05) is 11.2 Å². The van der Waals surface area contributed by atoms with Gasteiger partial charge >= 0.3 is 0 Å². The lowest BCUT2D eigenvalue weighted by molar-refractivity contribution is -0.123. The van der Waals surface area contributed by atoms with E-state index in [9.17, 15) is 19.2 Å². The zero-order chi connectivity index (χ0) is 22.8. The Morgan fingerprint density at radius 3 is 2.66 bits per heavy atom. The average Bonchev–Trinajstić information content (AvgIpc) is 3.20. The lowest BCUT2D eigenvalue weighted by Gasteiger charge is -2.36. The van der Waals surface area contributed by atoms with Crippen molar-refractivity contribution >= 4 is 23.4 Å². The third-order valence-electron chi connectivity index (χ3n) is 5.60. The molecule has 1 aromatic heterocycles. The standard InChI is InChI=1S/C24H18ClFN4O2/c25-15-11-18-16(19(26)12-15)8-9-21(18)30(22(23(28)31)14-5-2-1-3-6-14)24(32)17-7-4-10-29-20(17)13-27/h1-7,10-12,21-22H,8-9H2,(H2,28,31)/t21-,22-/m1/s1. The molecule has 0 saturated carbocycles. The van der Waals surface area contributed by atoms with E-state index in [1.54, 1.807) is 36.4 Å². The van der Waals surface area contributed by atoms with Gasteiger partial charge in [-0.3, -0.25) is 9.59 Å². The maximum atomic E-state index is 14.6. The Morgan fingerprint density at radius 2 is 1.97 bits per heavy atom. The number of halogens is 2. The van der Waals surface area contributed by atoms with E-state index in [4.69, 9.17) is 17.3 Å². The Morgan fingerprint density at radius 1 is 1.22 bits per heavy atom. The fourth-order valence-electron chi connectivity index (χ4n) is 4.25. The van der Waals surface area contributed by atoms with Crippen molar-refractivity contribution in [1.29, 1.82) is 5.26 Å². The van der Waals surface area contributed by atoms with Crippen LogP contribution in [0.2, 0.25) is 5.02 Å². The zero-order valence-electron chi connectivity index (χ0n) is 16.8. The lowest BCUT2D eigenvalue weighted by atomic mass is 9.97. The molecule has 8 heteroatoms. The van der Waals surface area contributed by atoms with Crippen LogP contribution in [0.1, 0.15) is 51.2 Å². The first-order valence-electron chi connectivity index (χ1n) is 9.92. The number of carbonyl (C=O) groups excluding carboxylic acids is 2. The minimum absolute atomic E-state index is 0.0353. The van der Waals surface area contributed by atoms with Gasteiger partial charge in [0.15, 0.2) is 5.69 Å². The number of amides is 2. The molecule has 0 bridgehead atoms. The van der Waals surface area contributed by atoms with Gasteiger partial charge in [-0.25, -0.2) is 9.37 Å². The van der Waals surface area contributed by atoms with Gasteiger partial charge in [-0.2, -0.15) is 5.26 Å². The molecule has 2 aromatic carbocycles. The number of aromatic nitrogens is 1. The van der Waals surface area contributed by atoms with Crippen molar-refractivity contribution in [3.8, 4) is 6.07 Å². The second-order valence-corrected chi connectivity index (χ2v) is 7.89. The monoisotopic (exact) mass is 448 g/mol. The van der Waals surface area contributed by atoms with E-state index in [-0.39, 0.29) is 16.3 Å². The first-order chi connectivity index (χ1) is 15.4. The van der Waals surface area contributed by atoms with Crippen molar-refractivity contribution < 1.29 is 14.0 Å². The zero-order valence-corrected chi connectivity index (χ0v) is 17.6. The highest BCUT2D eigenvalue weighted by Gasteiger charge is 2.41. The van der Waals surface area contributed by atoms with Crippen LogP contribution in [0.15, 0.2) is 60.8 Å². The van der Waals surface area contributed by atoms with E-state index in [0.29, 0.717) is 29.5 Å². The minimum Gasteiger partial charge on any atom is -0.368 e. The molecular formula is C24H18ClFN4O2. The highest BCUT2D eigenvalue weighted by Crippen LogP contribution is 2.43. The number of nitriles is 1. The first-order valence-corrected chi connectivity index (χ1v) is 10.3. The topological polar surface area (TPSA) is 100 Å². The number of benzene rings is 2. The van der Waals surface area contributed by atoms with Gasteiger partial charge in [0.05, 0.1) is 11.6 Å². The summed E-state index contributed by atoms with van der Waals surface area (Å²) >= 11 is 6.11. The van der Waals surface area contributed by atoms with Crippen molar-refractivity contribution in [3.05, 3.63) is 99.6 Å². The van der Waals surface area contributed by atoms with Crippen molar-refractivity contribution in [3.63, 3.8) is 0 Å². The third-order valence-corrected chi connectivity index (χ3v) is 5.82. The number of fused-ring (bicyclic) bond motifs is 1. The van der Waals surface area contributed by atoms with Gasteiger partial charge in [-0.05, 0) is 53.8 Å². The van der Waals surface area contributed by atoms with Gasteiger partial charge in [0.1, 0.15) is 17.9 Å². The maximum absolute atomic E-state index is 14.6. The van der Waals surface area contributed by atoms with Gasteiger partial charge in [0.2, 0.25) is 5.91 Å². The highest BCUT2D eigenvalue weighted by atomic mass is 35.5. The second kappa shape index (κ2) is 8.77. The van der Waals surface area contributed by atoms with Crippen molar-refractivity contribution in [2.75, 3.05) is 0 Å². The number of nitrogens with two attached hydrogens (primary N) is 1. The molecule has 2 atom stereocenters. The molecule has 1 heterocycles. The summed E-state index contributed by atoms with van der Waals surface area (Å²) < 4.78 is 14.6. The summed E-state index contributed by atoms with van der Waals surface area (Å²) in [5.41, 5.74) is 7.22. The Labute approximate surface area is 189 Å². The first kappa shape index (κ1) is 21.5. The Balaban J connectivity index is 1.92. The van der Waals surface area contributed by atoms with Crippen LogP contribution in [0.4, 0.5) is 4.39 Å². The molecule has 0 spiro atoms. The molecule has 0 unspecified atom stereocenters. The van der Waals surface area contributed by atoms with Crippen LogP contribution in [0, 0.1) is 17.1 Å². The summed E-state index contributed by atoms with van der Waals surface area (Å²) in [5, 5.41) is 9.66. The fraction of sp³-hybridized carbons (Fsp3) is 0.167. The SMILES string of the molecule is N#Cc1ncccc1C(=O)N([C@@H]1CCc2c(F)cc(Cl)cc21)[C@@H](C(N)=O)c1ccccc1. The highest BCUT2D eigenvalue weighted by molar-refractivity contribution is 6.30. The number of rotatable bonds is 5. The molecule has 4 rings (SSSR count). The summed E-state index contributed by atoms with van der Waals surface area (Å²) in [5.74, 6) is -1.81. The van der Waals surface area contributed by atoms with Crippen LogP contribution in [0.5, 0.6) is 0 Å². The van der Waals surface area contributed by atoms with Crippen LogP contribution in [0.25, 0.3) is 0 Å². The van der Waals surface area contributed by atoms with Crippen molar-refractivity contribution in [1.82, 2.24) is 9.88 Å². The molecule has 0 fully saturated rings. The Kier molecular flexibility index (Phi) is 5.89. The number of hydrogen-bond acceptors (Lipinski definition) is 4. The predicted octanol–water partition coefficient (Wildman–Crippen LogP) is 4.10.